The van der Waals surface area contributed by atoms with Crippen LogP contribution in [0.5, 0.6) is 0 Å². The van der Waals surface area contributed by atoms with Crippen LogP contribution in [0.25, 0.3) is 0 Å². The molecule has 0 aliphatic carbocycles. The lowest BCUT2D eigenvalue weighted by Crippen LogP contribution is -2.57. The van der Waals surface area contributed by atoms with Gasteiger partial charge in [-0.2, -0.15) is 0 Å². The normalized spacial score (nSPS) is 21.8. The molecular formula is C8H14N4O4. The second kappa shape index (κ2) is 5.54. The Kier molecular flexibility index (Phi) is 4.35. The molecule has 8 heteroatoms. The van der Waals surface area contributed by atoms with Crippen LogP contribution in [0.2, 0.25) is 0 Å². The summed E-state index contributed by atoms with van der Waals surface area (Å²) >= 11 is 0. The molecule has 0 bridgehead atoms. The van der Waals surface area contributed by atoms with E-state index in [4.69, 9.17) is 5.84 Å². The van der Waals surface area contributed by atoms with Crippen molar-refractivity contribution in [3.63, 3.8) is 0 Å². The van der Waals surface area contributed by atoms with E-state index in [1.807, 2.05) is 0 Å². The van der Waals surface area contributed by atoms with Gasteiger partial charge in [0, 0.05) is 6.54 Å². The lowest BCUT2D eigenvalue weighted by Gasteiger charge is -2.30. The number of piperazine rings is 1. The fourth-order valence-electron chi connectivity index (χ4n) is 1.39. The zero-order valence-corrected chi connectivity index (χ0v) is 8.86. The Morgan fingerprint density at radius 1 is 1.69 bits per heavy atom. The van der Waals surface area contributed by atoms with Gasteiger partial charge in [-0.15, -0.1) is 0 Å². The first-order chi connectivity index (χ1) is 7.54. The standard InChI is InChI=1S/C8H14N4O4/c1-5-8(15)10-6(13)4-12(5)3-2-7(14)16-11-9/h5,11H,2-4,9H2,1H3,(H,10,13,15). The molecule has 1 saturated heterocycles. The predicted octanol–water partition coefficient (Wildman–Crippen LogP) is -2.36. The minimum atomic E-state index is -0.548. The van der Waals surface area contributed by atoms with Gasteiger partial charge in [-0.3, -0.25) is 24.6 Å². The SMILES string of the molecule is CC1C(=O)NC(=O)CN1CCC(=O)ONN. The van der Waals surface area contributed by atoms with Crippen LogP contribution in [-0.4, -0.2) is 41.8 Å². The van der Waals surface area contributed by atoms with Crippen molar-refractivity contribution in [1.29, 1.82) is 0 Å². The number of hydrazine groups is 1. The van der Waals surface area contributed by atoms with Crippen molar-refractivity contribution in [2.45, 2.75) is 19.4 Å². The van der Waals surface area contributed by atoms with Crippen LogP contribution in [-0.2, 0) is 19.2 Å². The summed E-state index contributed by atoms with van der Waals surface area (Å²) < 4.78 is 0. The van der Waals surface area contributed by atoms with Gasteiger partial charge in [0.2, 0.25) is 11.8 Å². The molecule has 0 aromatic rings. The Morgan fingerprint density at radius 2 is 2.38 bits per heavy atom. The molecule has 0 saturated carbocycles. The Hall–Kier alpha value is -1.51. The fourth-order valence-corrected chi connectivity index (χ4v) is 1.39. The van der Waals surface area contributed by atoms with Gasteiger partial charge in [-0.25, -0.2) is 5.84 Å². The first kappa shape index (κ1) is 12.6. The van der Waals surface area contributed by atoms with E-state index in [0.29, 0.717) is 0 Å². The molecule has 1 unspecified atom stereocenters. The molecular weight excluding hydrogens is 216 g/mol. The third-order valence-corrected chi connectivity index (χ3v) is 2.31. The number of nitrogens with one attached hydrogen (secondary N) is 2. The van der Waals surface area contributed by atoms with Crippen molar-refractivity contribution in [2.75, 3.05) is 13.1 Å². The van der Waals surface area contributed by atoms with E-state index in [2.05, 4.69) is 10.2 Å². The molecule has 4 N–H and O–H groups in total. The highest BCUT2D eigenvalue weighted by Gasteiger charge is 2.30. The van der Waals surface area contributed by atoms with Crippen molar-refractivity contribution < 1.29 is 19.2 Å². The van der Waals surface area contributed by atoms with E-state index in [1.165, 1.54) is 0 Å². The Bertz CT molecular complexity index is 306. The summed E-state index contributed by atoms with van der Waals surface area (Å²) in [4.78, 5) is 39.2. The number of imide groups is 1. The third-order valence-electron chi connectivity index (χ3n) is 2.31. The second-order valence-corrected chi connectivity index (χ2v) is 3.40. The minimum absolute atomic E-state index is 0.0507. The van der Waals surface area contributed by atoms with Crippen LogP contribution in [0.1, 0.15) is 13.3 Å². The number of nitrogens with zero attached hydrogens (tertiary/aromatic N) is 1. The number of carbonyl (C=O) groups excluding carboxylic acids is 3. The molecule has 1 fully saturated rings. The maximum Gasteiger partial charge on any atom is 0.327 e. The molecule has 1 aliphatic rings. The van der Waals surface area contributed by atoms with Gasteiger partial charge in [-0.1, -0.05) is 5.59 Å². The number of nitrogens with two attached hydrogens (primary N) is 1. The van der Waals surface area contributed by atoms with E-state index < -0.39 is 12.0 Å². The van der Waals surface area contributed by atoms with Gasteiger partial charge < -0.3 is 4.84 Å². The highest BCUT2D eigenvalue weighted by molar-refractivity contribution is 6.00. The number of hydrogen-bond donors (Lipinski definition) is 3. The number of rotatable bonds is 4. The topological polar surface area (TPSA) is 114 Å². The van der Waals surface area contributed by atoms with Gasteiger partial charge >= 0.3 is 5.97 Å². The van der Waals surface area contributed by atoms with Crippen LogP contribution in [0.4, 0.5) is 0 Å². The maximum absolute atomic E-state index is 11.3. The fraction of sp³-hybridized carbons (Fsp3) is 0.625. The van der Waals surface area contributed by atoms with Crippen LogP contribution in [0.3, 0.4) is 0 Å². The molecule has 1 rings (SSSR count). The molecule has 0 radical (unpaired) electrons. The van der Waals surface area contributed by atoms with E-state index in [-0.39, 0.29) is 31.3 Å². The van der Waals surface area contributed by atoms with Crippen LogP contribution < -0.4 is 16.7 Å². The van der Waals surface area contributed by atoms with Gasteiger partial charge in [0.25, 0.3) is 0 Å². The molecule has 0 spiro atoms. The van der Waals surface area contributed by atoms with E-state index in [1.54, 1.807) is 17.4 Å². The first-order valence-electron chi connectivity index (χ1n) is 4.77. The Labute approximate surface area is 92.0 Å². The summed E-state index contributed by atoms with van der Waals surface area (Å²) in [6.45, 7) is 2.02. The number of hydrogen-bond acceptors (Lipinski definition) is 7. The molecule has 90 valence electrons. The molecule has 8 nitrogen and oxygen atoms in total. The van der Waals surface area contributed by atoms with E-state index in [0.717, 1.165) is 0 Å². The smallest absolute Gasteiger partial charge is 0.327 e. The molecule has 2 amide bonds. The van der Waals surface area contributed by atoms with Gasteiger partial charge in [-0.05, 0) is 6.92 Å². The Morgan fingerprint density at radius 3 is 3.00 bits per heavy atom. The van der Waals surface area contributed by atoms with Crippen molar-refractivity contribution in [1.82, 2.24) is 15.8 Å². The third kappa shape index (κ3) is 3.26. The summed E-state index contributed by atoms with van der Waals surface area (Å²) in [6.07, 6.45) is 0.0507. The molecule has 1 heterocycles. The quantitative estimate of drug-likeness (QED) is 0.281. The molecule has 0 aromatic carbocycles. The summed E-state index contributed by atoms with van der Waals surface area (Å²) in [5.41, 5.74) is 1.77. The van der Waals surface area contributed by atoms with Crippen LogP contribution in [0.15, 0.2) is 0 Å². The second-order valence-electron chi connectivity index (χ2n) is 3.40. The summed E-state index contributed by atoms with van der Waals surface area (Å²) in [6, 6.07) is -0.434. The first-order valence-corrected chi connectivity index (χ1v) is 4.77. The molecule has 1 aliphatic heterocycles. The number of carbonyl (C=O) groups is 3. The summed E-state index contributed by atoms with van der Waals surface area (Å²) in [5, 5.41) is 2.20. The zero-order chi connectivity index (χ0) is 12.1. The van der Waals surface area contributed by atoms with Gasteiger partial charge in [0.05, 0.1) is 19.0 Å². The highest BCUT2D eigenvalue weighted by atomic mass is 16.7. The summed E-state index contributed by atoms with van der Waals surface area (Å²) in [5.74, 6) is 3.51. The largest absolute Gasteiger partial charge is 0.356 e. The van der Waals surface area contributed by atoms with Crippen molar-refractivity contribution in [3.05, 3.63) is 0 Å². The zero-order valence-electron chi connectivity index (χ0n) is 8.86. The lowest BCUT2D eigenvalue weighted by molar-refractivity contribution is -0.153. The monoisotopic (exact) mass is 230 g/mol. The van der Waals surface area contributed by atoms with Gasteiger partial charge in [0.1, 0.15) is 0 Å². The summed E-state index contributed by atoms with van der Waals surface area (Å²) in [7, 11) is 0. The number of amides is 2. The van der Waals surface area contributed by atoms with Crippen molar-refractivity contribution >= 4 is 17.8 Å². The van der Waals surface area contributed by atoms with E-state index >= 15 is 0 Å². The van der Waals surface area contributed by atoms with Crippen molar-refractivity contribution in [2.24, 2.45) is 5.84 Å². The molecule has 0 aromatic heterocycles. The Balaban J connectivity index is 2.43. The molecule has 1 atom stereocenters. The van der Waals surface area contributed by atoms with E-state index in [9.17, 15) is 14.4 Å². The van der Waals surface area contributed by atoms with Crippen LogP contribution in [0, 0.1) is 0 Å². The highest BCUT2D eigenvalue weighted by Crippen LogP contribution is 2.05. The average Bonchev–Trinajstić information content (AvgIpc) is 2.21. The van der Waals surface area contributed by atoms with Gasteiger partial charge in [0.15, 0.2) is 0 Å². The maximum atomic E-state index is 11.3. The lowest BCUT2D eigenvalue weighted by atomic mass is 10.2. The predicted molar refractivity (Wildman–Crippen MR) is 52.2 cm³/mol. The van der Waals surface area contributed by atoms with Crippen LogP contribution >= 0.6 is 0 Å². The minimum Gasteiger partial charge on any atom is -0.356 e. The molecule has 16 heavy (non-hydrogen) atoms. The average molecular weight is 230 g/mol. The van der Waals surface area contributed by atoms with Crippen molar-refractivity contribution in [3.8, 4) is 0 Å².